The van der Waals surface area contributed by atoms with Crippen molar-refractivity contribution in [3.8, 4) is 11.1 Å². The second-order valence-electron chi connectivity index (χ2n) is 9.76. The Labute approximate surface area is 226 Å². The van der Waals surface area contributed by atoms with Gasteiger partial charge in [-0.2, -0.15) is 0 Å². The second-order valence-corrected chi connectivity index (χ2v) is 10.3. The van der Waals surface area contributed by atoms with E-state index in [9.17, 15) is 9.59 Å². The van der Waals surface area contributed by atoms with E-state index >= 15 is 0 Å². The Morgan fingerprint density at radius 3 is 2.68 bits per heavy atom. The van der Waals surface area contributed by atoms with Gasteiger partial charge in [0.25, 0.3) is 11.5 Å². The first-order valence-corrected chi connectivity index (χ1v) is 13.9. The fourth-order valence-electron chi connectivity index (χ4n) is 4.82. The van der Waals surface area contributed by atoms with E-state index in [0.717, 1.165) is 65.2 Å². The number of pyridine rings is 2. The summed E-state index contributed by atoms with van der Waals surface area (Å²) in [5.74, 6) is -0.217. The molecule has 1 amide bonds. The molecule has 0 bridgehead atoms. The van der Waals surface area contributed by atoms with Crippen LogP contribution in [0.1, 0.15) is 64.6 Å². The van der Waals surface area contributed by atoms with E-state index in [4.69, 9.17) is 4.74 Å². The molecular formula is C29H35BrN4O3. The number of aromatic nitrogens is 2. The Kier molecular flexibility index (Phi) is 8.82. The summed E-state index contributed by atoms with van der Waals surface area (Å²) in [5.41, 5.74) is 7.22. The van der Waals surface area contributed by atoms with Crippen LogP contribution in [0.25, 0.3) is 11.1 Å². The molecule has 0 spiro atoms. The van der Waals surface area contributed by atoms with Crippen LogP contribution in [0.3, 0.4) is 0 Å². The molecule has 1 aliphatic rings. The van der Waals surface area contributed by atoms with E-state index in [-0.39, 0.29) is 30.2 Å². The minimum absolute atomic E-state index is 0.159. The van der Waals surface area contributed by atoms with E-state index in [1.54, 1.807) is 0 Å². The second kappa shape index (κ2) is 12.0. The summed E-state index contributed by atoms with van der Waals surface area (Å²) in [6.07, 6.45) is 4.91. The van der Waals surface area contributed by atoms with Crippen molar-refractivity contribution >= 4 is 27.5 Å². The van der Waals surface area contributed by atoms with Gasteiger partial charge in [-0.1, -0.05) is 28.9 Å². The largest absolute Gasteiger partial charge is 0.382 e. The lowest BCUT2D eigenvalue weighted by atomic mass is 9.96. The highest BCUT2D eigenvalue weighted by molar-refractivity contribution is 9.08. The summed E-state index contributed by atoms with van der Waals surface area (Å²) < 4.78 is 5.86. The number of halogens is 1. The minimum Gasteiger partial charge on any atom is -0.382 e. The molecule has 0 saturated carbocycles. The lowest BCUT2D eigenvalue weighted by Gasteiger charge is -2.31. The first-order chi connectivity index (χ1) is 17.8. The van der Waals surface area contributed by atoms with Crippen molar-refractivity contribution in [3.63, 3.8) is 0 Å². The number of carbonyl (C=O) groups is 1. The van der Waals surface area contributed by atoms with Crippen molar-refractivity contribution in [2.45, 2.75) is 71.0 Å². The molecular weight excluding hydrogens is 532 g/mol. The summed E-state index contributed by atoms with van der Waals surface area (Å²) >= 11 is 3.45. The molecule has 37 heavy (non-hydrogen) atoms. The highest BCUT2D eigenvalue weighted by atomic mass is 79.9. The van der Waals surface area contributed by atoms with Crippen LogP contribution in [0.5, 0.6) is 0 Å². The summed E-state index contributed by atoms with van der Waals surface area (Å²) in [6.45, 7) is 8.73. The number of aromatic amines is 1. The number of rotatable bonds is 8. The molecule has 4 rings (SSSR count). The number of amides is 1. The molecule has 7 nitrogen and oxygen atoms in total. The molecule has 2 atom stereocenters. The highest BCUT2D eigenvalue weighted by Crippen LogP contribution is 2.31. The molecule has 2 unspecified atom stereocenters. The van der Waals surface area contributed by atoms with Crippen LogP contribution < -0.4 is 16.2 Å². The maximum Gasteiger partial charge on any atom is 0.253 e. The summed E-state index contributed by atoms with van der Waals surface area (Å²) in [6, 6.07) is 10.2. The number of ether oxygens (including phenoxy) is 1. The number of H-pyrrole nitrogens is 1. The third-order valence-corrected chi connectivity index (χ3v) is 7.62. The normalized spacial score (nSPS) is 17.4. The fraction of sp³-hybridized carbons (Fsp3) is 0.414. The van der Waals surface area contributed by atoms with Gasteiger partial charge in [0.2, 0.25) is 0 Å². The van der Waals surface area contributed by atoms with Gasteiger partial charge in [0, 0.05) is 58.8 Å². The molecule has 8 heteroatoms. The van der Waals surface area contributed by atoms with Crippen molar-refractivity contribution in [1.29, 1.82) is 0 Å². The van der Waals surface area contributed by atoms with Crippen LogP contribution >= 0.6 is 15.9 Å². The number of carbonyl (C=O) groups excluding carboxylic acids is 1. The molecule has 1 fully saturated rings. The van der Waals surface area contributed by atoms with E-state index in [2.05, 4.69) is 49.5 Å². The van der Waals surface area contributed by atoms with E-state index in [1.165, 1.54) is 0 Å². The van der Waals surface area contributed by atoms with Crippen LogP contribution in [0, 0.1) is 20.8 Å². The number of alkyl halides is 1. The van der Waals surface area contributed by atoms with Crippen molar-refractivity contribution in [1.82, 2.24) is 15.3 Å². The van der Waals surface area contributed by atoms with Crippen molar-refractivity contribution in [2.24, 2.45) is 0 Å². The lowest BCUT2D eigenvalue weighted by Crippen LogP contribution is -2.34. The number of anilines is 1. The van der Waals surface area contributed by atoms with Crippen LogP contribution in [-0.4, -0.2) is 34.6 Å². The average molecular weight is 568 g/mol. The summed E-state index contributed by atoms with van der Waals surface area (Å²) in [4.78, 5) is 33.3. The van der Waals surface area contributed by atoms with Crippen LogP contribution in [0.2, 0.25) is 0 Å². The zero-order valence-electron chi connectivity index (χ0n) is 21.9. The maximum absolute atomic E-state index is 13.5. The van der Waals surface area contributed by atoms with Crippen molar-refractivity contribution in [2.75, 3.05) is 11.9 Å². The number of aryl methyl sites for hydroxylation is 2. The lowest BCUT2D eigenvalue weighted by molar-refractivity contribution is 0.00924. The quantitative estimate of drug-likeness (QED) is 0.310. The molecule has 3 aromatic rings. The number of hydrogen-bond acceptors (Lipinski definition) is 5. The topological polar surface area (TPSA) is 96.1 Å². The van der Waals surface area contributed by atoms with Crippen LogP contribution in [0.15, 0.2) is 41.3 Å². The van der Waals surface area contributed by atoms with E-state index in [1.807, 2.05) is 51.2 Å². The van der Waals surface area contributed by atoms with Gasteiger partial charge in [-0.05, 0) is 81.0 Å². The predicted molar refractivity (Wildman–Crippen MR) is 151 cm³/mol. The molecule has 196 valence electrons. The molecule has 1 aliphatic heterocycles. The standard InChI is InChI=1S/C29H35BrN4O3/c1-5-24-13-22(8-9-37-24)34-27-12-21(20-6-7-23(14-30)31-15-20)11-25(19(27)4)28(35)32-16-26-17(2)10-18(3)33-29(26)36/h6-7,10-12,15,22,24,34H,5,8-9,13-14,16H2,1-4H3,(H,32,35)(H,33,36). The summed E-state index contributed by atoms with van der Waals surface area (Å²) in [5, 5.41) is 7.35. The van der Waals surface area contributed by atoms with E-state index in [0.29, 0.717) is 16.5 Å². The third kappa shape index (κ3) is 6.48. The number of benzene rings is 1. The zero-order valence-corrected chi connectivity index (χ0v) is 23.5. The van der Waals surface area contributed by atoms with Crippen LogP contribution in [0.4, 0.5) is 5.69 Å². The summed E-state index contributed by atoms with van der Waals surface area (Å²) in [7, 11) is 0. The van der Waals surface area contributed by atoms with E-state index < -0.39 is 0 Å². The number of hydrogen-bond donors (Lipinski definition) is 3. The molecule has 3 N–H and O–H groups in total. The Hall–Kier alpha value is -2.97. The maximum atomic E-state index is 13.5. The van der Waals surface area contributed by atoms with Crippen LogP contribution in [-0.2, 0) is 16.6 Å². The SMILES string of the molecule is CCC1CC(Nc2cc(-c3ccc(CBr)nc3)cc(C(=O)NCc3c(C)cc(C)[nH]c3=O)c2C)CCO1. The van der Waals surface area contributed by atoms with Gasteiger partial charge in [-0.3, -0.25) is 14.6 Å². The first kappa shape index (κ1) is 27.1. The van der Waals surface area contributed by atoms with Gasteiger partial charge in [0.1, 0.15) is 0 Å². The molecule has 1 saturated heterocycles. The Bertz CT molecular complexity index is 1320. The molecule has 1 aromatic carbocycles. The Morgan fingerprint density at radius 2 is 2.00 bits per heavy atom. The van der Waals surface area contributed by atoms with Gasteiger partial charge >= 0.3 is 0 Å². The minimum atomic E-state index is -0.217. The fourth-order valence-corrected chi connectivity index (χ4v) is 5.15. The van der Waals surface area contributed by atoms with Gasteiger partial charge < -0.3 is 20.4 Å². The van der Waals surface area contributed by atoms with Crippen molar-refractivity contribution in [3.05, 3.63) is 80.5 Å². The smallest absolute Gasteiger partial charge is 0.253 e. The molecule has 2 aromatic heterocycles. The molecule has 3 heterocycles. The third-order valence-electron chi connectivity index (χ3n) is 7.05. The molecule has 0 radical (unpaired) electrons. The average Bonchev–Trinajstić information content (AvgIpc) is 2.89. The monoisotopic (exact) mass is 566 g/mol. The first-order valence-electron chi connectivity index (χ1n) is 12.8. The Balaban J connectivity index is 1.66. The van der Waals surface area contributed by atoms with Gasteiger partial charge in [-0.25, -0.2) is 0 Å². The number of nitrogens with one attached hydrogen (secondary N) is 3. The molecule has 0 aliphatic carbocycles. The van der Waals surface area contributed by atoms with Gasteiger partial charge in [-0.15, -0.1) is 0 Å². The van der Waals surface area contributed by atoms with Gasteiger partial charge in [0.05, 0.1) is 11.8 Å². The zero-order chi connectivity index (χ0) is 26.5. The van der Waals surface area contributed by atoms with Crippen molar-refractivity contribution < 1.29 is 9.53 Å². The number of nitrogens with zero attached hydrogens (tertiary/aromatic N) is 1. The van der Waals surface area contributed by atoms with Gasteiger partial charge in [0.15, 0.2) is 0 Å². The predicted octanol–water partition coefficient (Wildman–Crippen LogP) is 5.56. The highest BCUT2D eigenvalue weighted by Gasteiger charge is 2.23. The Morgan fingerprint density at radius 1 is 1.19 bits per heavy atom.